The van der Waals surface area contributed by atoms with E-state index >= 15 is 0 Å². The van der Waals surface area contributed by atoms with Gasteiger partial charge in [0.2, 0.25) is 0 Å². The average molecular weight is 222 g/mol. The first kappa shape index (κ1) is 13.0. The lowest BCUT2D eigenvalue weighted by molar-refractivity contribution is 0.414. The van der Waals surface area contributed by atoms with E-state index in [1.165, 1.54) is 5.56 Å². The van der Waals surface area contributed by atoms with Crippen molar-refractivity contribution in [3.63, 3.8) is 0 Å². The molecule has 0 unspecified atom stereocenters. The van der Waals surface area contributed by atoms with Crippen LogP contribution in [-0.4, -0.2) is 26.2 Å². The standard InChI is InChI=1S/C13H22N2O/c1-11(10-14)15-9-3-4-12-5-7-13(16-2)8-6-12/h5-8,11,15H,3-4,9-10,14H2,1-2H3/t11-/m0/s1. The highest BCUT2D eigenvalue weighted by Gasteiger charge is 1.98. The Balaban J connectivity index is 2.21. The number of benzene rings is 1. The largest absolute Gasteiger partial charge is 0.497 e. The normalized spacial score (nSPS) is 12.4. The van der Waals surface area contributed by atoms with E-state index in [0.29, 0.717) is 12.6 Å². The maximum absolute atomic E-state index is 5.52. The van der Waals surface area contributed by atoms with Crippen LogP contribution in [0.2, 0.25) is 0 Å². The predicted molar refractivity (Wildman–Crippen MR) is 67.8 cm³/mol. The molecule has 1 rings (SSSR count). The molecule has 1 aromatic rings. The van der Waals surface area contributed by atoms with Gasteiger partial charge < -0.3 is 15.8 Å². The minimum absolute atomic E-state index is 0.413. The number of aryl methyl sites for hydroxylation is 1. The Labute approximate surface area is 98.0 Å². The molecule has 0 bridgehead atoms. The minimum atomic E-state index is 0.413. The van der Waals surface area contributed by atoms with Gasteiger partial charge in [0.25, 0.3) is 0 Å². The molecule has 0 aliphatic carbocycles. The molecule has 90 valence electrons. The quantitative estimate of drug-likeness (QED) is 0.688. The maximum Gasteiger partial charge on any atom is 0.118 e. The van der Waals surface area contributed by atoms with Crippen molar-refractivity contribution in [2.45, 2.75) is 25.8 Å². The van der Waals surface area contributed by atoms with Crippen LogP contribution in [0.15, 0.2) is 24.3 Å². The average Bonchev–Trinajstić information content (AvgIpc) is 2.35. The number of hydrogen-bond donors (Lipinski definition) is 2. The fraction of sp³-hybridized carbons (Fsp3) is 0.538. The van der Waals surface area contributed by atoms with Crippen molar-refractivity contribution in [3.8, 4) is 5.75 Å². The summed E-state index contributed by atoms with van der Waals surface area (Å²) in [5.74, 6) is 0.915. The molecule has 0 fully saturated rings. The zero-order valence-electron chi connectivity index (χ0n) is 10.2. The summed E-state index contributed by atoms with van der Waals surface area (Å²) in [7, 11) is 1.69. The smallest absolute Gasteiger partial charge is 0.118 e. The Bertz CT molecular complexity index is 284. The molecular formula is C13H22N2O. The van der Waals surface area contributed by atoms with Gasteiger partial charge in [0, 0.05) is 12.6 Å². The van der Waals surface area contributed by atoms with E-state index in [-0.39, 0.29) is 0 Å². The van der Waals surface area contributed by atoms with Gasteiger partial charge in [-0.25, -0.2) is 0 Å². The van der Waals surface area contributed by atoms with Crippen molar-refractivity contribution in [2.24, 2.45) is 5.73 Å². The molecule has 0 aromatic heterocycles. The van der Waals surface area contributed by atoms with Crippen LogP contribution in [-0.2, 0) is 6.42 Å². The molecule has 3 nitrogen and oxygen atoms in total. The van der Waals surface area contributed by atoms with Crippen molar-refractivity contribution in [1.82, 2.24) is 5.32 Å². The Kier molecular flexibility index (Phi) is 5.90. The van der Waals surface area contributed by atoms with E-state index in [2.05, 4.69) is 24.4 Å². The second-order valence-electron chi connectivity index (χ2n) is 4.04. The highest BCUT2D eigenvalue weighted by atomic mass is 16.5. The lowest BCUT2D eigenvalue weighted by Crippen LogP contribution is -2.33. The predicted octanol–water partition coefficient (Wildman–Crippen LogP) is 1.56. The molecule has 16 heavy (non-hydrogen) atoms. The Morgan fingerprint density at radius 3 is 2.56 bits per heavy atom. The lowest BCUT2D eigenvalue weighted by Gasteiger charge is -2.10. The van der Waals surface area contributed by atoms with E-state index < -0.39 is 0 Å². The first-order chi connectivity index (χ1) is 7.76. The van der Waals surface area contributed by atoms with Gasteiger partial charge in [-0.05, 0) is 44.0 Å². The molecule has 1 aromatic carbocycles. The molecule has 0 spiro atoms. The fourth-order valence-corrected chi connectivity index (χ4v) is 1.52. The van der Waals surface area contributed by atoms with Gasteiger partial charge in [0.05, 0.1) is 7.11 Å². The highest BCUT2D eigenvalue weighted by molar-refractivity contribution is 5.27. The van der Waals surface area contributed by atoms with Crippen molar-refractivity contribution in [1.29, 1.82) is 0 Å². The van der Waals surface area contributed by atoms with Crippen LogP contribution in [0.5, 0.6) is 5.75 Å². The molecule has 3 N–H and O–H groups in total. The summed E-state index contributed by atoms with van der Waals surface area (Å²) < 4.78 is 5.11. The van der Waals surface area contributed by atoms with Gasteiger partial charge in [-0.15, -0.1) is 0 Å². The Morgan fingerprint density at radius 1 is 1.31 bits per heavy atom. The number of methoxy groups -OCH3 is 1. The van der Waals surface area contributed by atoms with E-state index in [1.54, 1.807) is 7.11 Å². The molecule has 1 atom stereocenters. The summed E-state index contributed by atoms with van der Waals surface area (Å²) in [5.41, 5.74) is 6.87. The van der Waals surface area contributed by atoms with Gasteiger partial charge in [0.1, 0.15) is 5.75 Å². The molecule has 0 aliphatic rings. The molecule has 3 heteroatoms. The number of nitrogens with one attached hydrogen (secondary N) is 1. The fourth-order valence-electron chi connectivity index (χ4n) is 1.52. The van der Waals surface area contributed by atoms with Crippen LogP contribution in [0.1, 0.15) is 18.9 Å². The zero-order valence-corrected chi connectivity index (χ0v) is 10.2. The van der Waals surface area contributed by atoms with Gasteiger partial charge in [-0.3, -0.25) is 0 Å². The van der Waals surface area contributed by atoms with Gasteiger partial charge in [-0.2, -0.15) is 0 Å². The Morgan fingerprint density at radius 2 is 2.00 bits per heavy atom. The third-order valence-corrected chi connectivity index (χ3v) is 2.65. The number of nitrogens with two attached hydrogens (primary N) is 1. The monoisotopic (exact) mass is 222 g/mol. The summed E-state index contributed by atoms with van der Waals surface area (Å²) in [6.45, 7) is 3.82. The van der Waals surface area contributed by atoms with Gasteiger partial charge in [-0.1, -0.05) is 12.1 Å². The molecule has 0 saturated heterocycles. The highest BCUT2D eigenvalue weighted by Crippen LogP contribution is 2.12. The molecule has 0 amide bonds. The minimum Gasteiger partial charge on any atom is -0.497 e. The molecule has 0 radical (unpaired) electrons. The van der Waals surface area contributed by atoms with E-state index in [1.807, 2.05) is 12.1 Å². The first-order valence-corrected chi connectivity index (χ1v) is 5.82. The summed E-state index contributed by atoms with van der Waals surface area (Å²) >= 11 is 0. The number of hydrogen-bond acceptors (Lipinski definition) is 3. The van der Waals surface area contributed by atoms with Crippen LogP contribution in [0.4, 0.5) is 0 Å². The van der Waals surface area contributed by atoms with Gasteiger partial charge in [0.15, 0.2) is 0 Å². The van der Waals surface area contributed by atoms with Crippen molar-refractivity contribution in [2.75, 3.05) is 20.2 Å². The summed E-state index contributed by atoms with van der Waals surface area (Å²) in [6.07, 6.45) is 2.23. The van der Waals surface area contributed by atoms with Crippen molar-refractivity contribution in [3.05, 3.63) is 29.8 Å². The lowest BCUT2D eigenvalue weighted by atomic mass is 10.1. The van der Waals surface area contributed by atoms with E-state index in [9.17, 15) is 0 Å². The number of ether oxygens (including phenoxy) is 1. The van der Waals surface area contributed by atoms with Gasteiger partial charge >= 0.3 is 0 Å². The second-order valence-corrected chi connectivity index (χ2v) is 4.04. The van der Waals surface area contributed by atoms with Crippen LogP contribution < -0.4 is 15.8 Å². The van der Waals surface area contributed by atoms with Crippen LogP contribution in [0.3, 0.4) is 0 Å². The summed E-state index contributed by atoms with van der Waals surface area (Å²) in [6, 6.07) is 8.66. The Hall–Kier alpha value is -1.06. The molecule has 0 saturated carbocycles. The third-order valence-electron chi connectivity index (χ3n) is 2.65. The molecule has 0 aliphatic heterocycles. The topological polar surface area (TPSA) is 47.3 Å². The van der Waals surface area contributed by atoms with Crippen LogP contribution >= 0.6 is 0 Å². The number of rotatable bonds is 7. The SMILES string of the molecule is COc1ccc(CCCN[C@@H](C)CN)cc1. The summed E-state index contributed by atoms with van der Waals surface area (Å²) in [4.78, 5) is 0. The van der Waals surface area contributed by atoms with E-state index in [0.717, 1.165) is 25.1 Å². The first-order valence-electron chi connectivity index (χ1n) is 5.82. The molecular weight excluding hydrogens is 200 g/mol. The van der Waals surface area contributed by atoms with Crippen LogP contribution in [0.25, 0.3) is 0 Å². The third kappa shape index (κ3) is 4.64. The summed E-state index contributed by atoms with van der Waals surface area (Å²) in [5, 5.41) is 3.38. The van der Waals surface area contributed by atoms with Crippen LogP contribution in [0, 0.1) is 0 Å². The van der Waals surface area contributed by atoms with Crippen molar-refractivity contribution < 1.29 is 4.74 Å². The van der Waals surface area contributed by atoms with E-state index in [4.69, 9.17) is 10.5 Å². The molecule has 0 heterocycles. The zero-order chi connectivity index (χ0) is 11.8. The van der Waals surface area contributed by atoms with Crippen molar-refractivity contribution >= 4 is 0 Å². The second kappa shape index (κ2) is 7.25. The maximum atomic E-state index is 5.52.